The van der Waals surface area contributed by atoms with Crippen LogP contribution in [-0.2, 0) is 12.8 Å². The normalized spacial score (nSPS) is 20.1. The Morgan fingerprint density at radius 2 is 2.29 bits per heavy atom. The summed E-state index contributed by atoms with van der Waals surface area (Å²) in [5.74, 6) is 0.0316. The van der Waals surface area contributed by atoms with E-state index in [2.05, 4.69) is 5.32 Å². The summed E-state index contributed by atoms with van der Waals surface area (Å²) in [5.41, 5.74) is 1.36. The molecule has 2 N–H and O–H groups in total. The predicted molar refractivity (Wildman–Crippen MR) is 67.4 cm³/mol. The molecule has 1 aromatic rings. The number of nitrogens with one attached hydrogen (secondary N) is 1. The maximum atomic E-state index is 12.0. The highest BCUT2D eigenvalue weighted by atomic mass is 32.1. The van der Waals surface area contributed by atoms with Gasteiger partial charge in [-0.15, -0.1) is 11.3 Å². The first kappa shape index (κ1) is 11.2. The second kappa shape index (κ2) is 4.10. The van der Waals surface area contributed by atoms with E-state index in [1.165, 1.54) is 16.9 Å². The van der Waals surface area contributed by atoms with Gasteiger partial charge in [-0.2, -0.15) is 0 Å². The molecule has 3 nitrogen and oxygen atoms in total. The molecule has 0 aromatic carbocycles. The molecule has 0 radical (unpaired) electrons. The average molecular weight is 251 g/mol. The number of hydrogen-bond acceptors (Lipinski definition) is 3. The third-order valence-corrected chi connectivity index (χ3v) is 5.12. The molecular weight excluding hydrogens is 234 g/mol. The highest BCUT2D eigenvalue weighted by Gasteiger charge is 2.42. The van der Waals surface area contributed by atoms with E-state index >= 15 is 0 Å². The molecule has 1 fully saturated rings. The fraction of sp³-hybridized carbons (Fsp3) is 0.615. The van der Waals surface area contributed by atoms with Gasteiger partial charge in [-0.1, -0.05) is 0 Å². The highest BCUT2D eigenvalue weighted by Crippen LogP contribution is 2.44. The number of thiophene rings is 1. The van der Waals surface area contributed by atoms with Crippen molar-refractivity contribution in [2.24, 2.45) is 5.41 Å². The summed E-state index contributed by atoms with van der Waals surface area (Å²) >= 11 is 1.63. The molecule has 0 bridgehead atoms. The number of carbonyl (C=O) groups is 1. The molecule has 1 heterocycles. The molecule has 1 saturated carbocycles. The molecule has 92 valence electrons. The first-order valence-electron chi connectivity index (χ1n) is 6.23. The van der Waals surface area contributed by atoms with Crippen molar-refractivity contribution in [1.82, 2.24) is 5.32 Å². The molecule has 0 aliphatic heterocycles. The van der Waals surface area contributed by atoms with Gasteiger partial charge in [0.1, 0.15) is 0 Å². The zero-order valence-electron chi connectivity index (χ0n) is 9.79. The summed E-state index contributed by atoms with van der Waals surface area (Å²) in [5, 5.41) is 12.1. The van der Waals surface area contributed by atoms with Crippen LogP contribution in [0.4, 0.5) is 0 Å². The van der Waals surface area contributed by atoms with Crippen molar-refractivity contribution in [2.45, 2.75) is 32.1 Å². The zero-order valence-corrected chi connectivity index (χ0v) is 10.6. The van der Waals surface area contributed by atoms with E-state index in [-0.39, 0.29) is 17.9 Å². The number of fused-ring (bicyclic) bond motifs is 1. The second-order valence-electron chi connectivity index (χ2n) is 5.25. The summed E-state index contributed by atoms with van der Waals surface area (Å²) in [6.07, 6.45) is 5.56. The van der Waals surface area contributed by atoms with E-state index in [9.17, 15) is 9.90 Å². The Kier molecular flexibility index (Phi) is 2.71. The number of amides is 1. The van der Waals surface area contributed by atoms with Crippen molar-refractivity contribution < 1.29 is 9.90 Å². The second-order valence-corrected chi connectivity index (χ2v) is 6.39. The van der Waals surface area contributed by atoms with Crippen molar-refractivity contribution in [3.63, 3.8) is 0 Å². The van der Waals surface area contributed by atoms with E-state index in [1.54, 1.807) is 11.3 Å². The molecule has 0 spiro atoms. The SMILES string of the molecule is O=C(NCC1(CO)CC1)c1cc2c(s1)CCC2. The fourth-order valence-corrected chi connectivity index (χ4v) is 3.53. The summed E-state index contributed by atoms with van der Waals surface area (Å²) in [6, 6.07) is 2.04. The van der Waals surface area contributed by atoms with E-state index in [4.69, 9.17) is 0 Å². The van der Waals surface area contributed by atoms with E-state index < -0.39 is 0 Å². The van der Waals surface area contributed by atoms with E-state index in [1.807, 2.05) is 6.07 Å². The van der Waals surface area contributed by atoms with Crippen molar-refractivity contribution >= 4 is 17.2 Å². The molecule has 17 heavy (non-hydrogen) atoms. The highest BCUT2D eigenvalue weighted by molar-refractivity contribution is 7.14. The van der Waals surface area contributed by atoms with Crippen LogP contribution in [0.15, 0.2) is 6.07 Å². The van der Waals surface area contributed by atoms with Crippen LogP contribution in [0.25, 0.3) is 0 Å². The average Bonchev–Trinajstić information content (AvgIpc) is 2.78. The fourth-order valence-electron chi connectivity index (χ4n) is 2.36. The third-order valence-electron chi connectivity index (χ3n) is 3.89. The van der Waals surface area contributed by atoms with Gasteiger partial charge in [0.05, 0.1) is 11.5 Å². The summed E-state index contributed by atoms with van der Waals surface area (Å²) < 4.78 is 0. The largest absolute Gasteiger partial charge is 0.396 e. The number of rotatable bonds is 4. The Bertz CT molecular complexity index is 427. The van der Waals surface area contributed by atoms with Gasteiger partial charge in [-0.25, -0.2) is 0 Å². The molecule has 2 aliphatic rings. The van der Waals surface area contributed by atoms with Crippen LogP contribution >= 0.6 is 11.3 Å². The number of hydrogen-bond donors (Lipinski definition) is 2. The van der Waals surface area contributed by atoms with Gasteiger partial charge in [-0.3, -0.25) is 4.79 Å². The van der Waals surface area contributed by atoms with Gasteiger partial charge < -0.3 is 10.4 Å². The summed E-state index contributed by atoms with van der Waals surface area (Å²) in [6.45, 7) is 0.805. The van der Waals surface area contributed by atoms with Crippen LogP contribution in [-0.4, -0.2) is 24.2 Å². The molecular formula is C13H17NO2S. The minimum absolute atomic E-state index is 0.00432. The molecule has 0 atom stereocenters. The van der Waals surface area contributed by atoms with E-state index in [0.717, 1.165) is 30.6 Å². The molecule has 1 aromatic heterocycles. The molecule has 1 amide bonds. The molecule has 0 saturated heterocycles. The van der Waals surface area contributed by atoms with E-state index in [0.29, 0.717) is 6.54 Å². The lowest BCUT2D eigenvalue weighted by molar-refractivity contribution is 0.0939. The van der Waals surface area contributed by atoms with Crippen molar-refractivity contribution in [3.05, 3.63) is 21.4 Å². The van der Waals surface area contributed by atoms with Crippen LogP contribution in [0.3, 0.4) is 0 Å². The Morgan fingerprint density at radius 1 is 1.47 bits per heavy atom. The van der Waals surface area contributed by atoms with Crippen molar-refractivity contribution in [1.29, 1.82) is 0 Å². The molecule has 3 rings (SSSR count). The predicted octanol–water partition coefficient (Wildman–Crippen LogP) is 1.74. The minimum atomic E-state index is -0.00432. The Labute approximate surface area is 105 Å². The monoisotopic (exact) mass is 251 g/mol. The quantitative estimate of drug-likeness (QED) is 0.856. The van der Waals surface area contributed by atoms with Crippen LogP contribution < -0.4 is 5.32 Å². The first-order valence-corrected chi connectivity index (χ1v) is 7.05. The summed E-state index contributed by atoms with van der Waals surface area (Å²) in [4.78, 5) is 14.2. The van der Waals surface area contributed by atoms with Crippen molar-refractivity contribution in [3.8, 4) is 0 Å². The zero-order chi connectivity index (χ0) is 11.9. The smallest absolute Gasteiger partial charge is 0.261 e. The van der Waals surface area contributed by atoms with Gasteiger partial charge in [0.25, 0.3) is 5.91 Å². The topological polar surface area (TPSA) is 49.3 Å². The minimum Gasteiger partial charge on any atom is -0.396 e. The Hall–Kier alpha value is -0.870. The lowest BCUT2D eigenvalue weighted by Gasteiger charge is -2.11. The van der Waals surface area contributed by atoms with Crippen LogP contribution in [0.5, 0.6) is 0 Å². The maximum Gasteiger partial charge on any atom is 0.261 e. The molecule has 0 unspecified atom stereocenters. The van der Waals surface area contributed by atoms with Gasteiger partial charge in [-0.05, 0) is 43.7 Å². The Balaban J connectivity index is 1.62. The number of aliphatic hydroxyl groups is 1. The molecule has 2 aliphatic carbocycles. The van der Waals surface area contributed by atoms with Crippen molar-refractivity contribution in [2.75, 3.05) is 13.2 Å². The first-order chi connectivity index (χ1) is 8.22. The number of aryl methyl sites for hydroxylation is 2. The Morgan fingerprint density at radius 3 is 2.94 bits per heavy atom. The van der Waals surface area contributed by atoms with Gasteiger partial charge in [0, 0.05) is 16.8 Å². The molecule has 4 heteroatoms. The van der Waals surface area contributed by atoms with Gasteiger partial charge >= 0.3 is 0 Å². The summed E-state index contributed by atoms with van der Waals surface area (Å²) in [7, 11) is 0. The van der Waals surface area contributed by atoms with Crippen LogP contribution in [0.2, 0.25) is 0 Å². The maximum absolute atomic E-state index is 12.0. The lowest BCUT2D eigenvalue weighted by Crippen LogP contribution is -2.31. The standard InChI is InChI=1S/C13H17NO2S/c15-8-13(4-5-13)7-14-12(16)11-6-9-2-1-3-10(9)17-11/h6,15H,1-5,7-8H2,(H,14,16). The third kappa shape index (κ3) is 2.11. The van der Waals surface area contributed by atoms with Crippen LogP contribution in [0, 0.1) is 5.41 Å². The number of aliphatic hydroxyl groups excluding tert-OH is 1. The lowest BCUT2D eigenvalue weighted by atomic mass is 10.1. The van der Waals surface area contributed by atoms with Crippen LogP contribution in [0.1, 0.15) is 39.4 Å². The number of carbonyl (C=O) groups excluding carboxylic acids is 1. The van der Waals surface area contributed by atoms with Gasteiger partial charge in [0.2, 0.25) is 0 Å². The van der Waals surface area contributed by atoms with Gasteiger partial charge in [0.15, 0.2) is 0 Å².